The zero-order valence-corrected chi connectivity index (χ0v) is 8.76. The van der Waals surface area contributed by atoms with Gasteiger partial charge in [0.15, 0.2) is 0 Å². The summed E-state index contributed by atoms with van der Waals surface area (Å²) in [6.45, 7) is 0. The number of hydrogen-bond acceptors (Lipinski definition) is 5. The highest BCUT2D eigenvalue weighted by atomic mass is 35.5. The summed E-state index contributed by atoms with van der Waals surface area (Å²) < 4.78 is 0. The molecular weight excluding hydrogens is 232 g/mol. The van der Waals surface area contributed by atoms with Crippen molar-refractivity contribution in [1.29, 1.82) is 5.26 Å². The maximum Gasteiger partial charge on any atom is 0.263 e. The van der Waals surface area contributed by atoms with E-state index in [0.29, 0.717) is 10.7 Å². The van der Waals surface area contributed by atoms with E-state index in [4.69, 9.17) is 27.4 Å². The zero-order chi connectivity index (χ0) is 12.0. The predicted molar refractivity (Wildman–Crippen MR) is 56.4 cm³/mol. The van der Waals surface area contributed by atoms with Crippen LogP contribution < -0.4 is 5.73 Å². The lowest BCUT2D eigenvalue weighted by Crippen LogP contribution is -2.12. The summed E-state index contributed by atoms with van der Waals surface area (Å²) >= 11 is 5.58. The fraction of sp³-hybridized carbons (Fsp3) is 0.111. The minimum Gasteiger partial charge on any atom is -0.372 e. The van der Waals surface area contributed by atoms with E-state index >= 15 is 0 Å². The number of carbonyl (C=O) groups excluding carboxylic acids is 1. The van der Waals surface area contributed by atoms with Gasteiger partial charge in [0.1, 0.15) is 17.4 Å². The van der Waals surface area contributed by atoms with Crippen LogP contribution in [0, 0.1) is 11.3 Å². The third-order valence-electron chi connectivity index (χ3n) is 1.52. The maximum absolute atomic E-state index is 10.3. The molecule has 1 aromatic heterocycles. The second-order valence-corrected chi connectivity index (χ2v) is 3.05. The van der Waals surface area contributed by atoms with Crippen molar-refractivity contribution in [3.05, 3.63) is 29.0 Å². The number of aromatic nitrogens is 1. The Morgan fingerprint density at radius 3 is 3.00 bits per heavy atom. The Bertz CT molecular complexity index is 438. The second kappa shape index (κ2) is 5.68. The second-order valence-electron chi connectivity index (χ2n) is 2.67. The predicted octanol–water partition coefficient (Wildman–Crippen LogP) is 0.787. The normalized spacial score (nSPS) is 12.0. The molecule has 0 bridgehead atoms. The van der Waals surface area contributed by atoms with Gasteiger partial charge < -0.3 is 10.6 Å². The molecule has 0 radical (unpaired) electrons. The van der Waals surface area contributed by atoms with Gasteiger partial charge in [0.05, 0.1) is 0 Å². The van der Waals surface area contributed by atoms with Crippen molar-refractivity contribution in [2.45, 2.75) is 6.10 Å². The van der Waals surface area contributed by atoms with Crippen molar-refractivity contribution < 1.29 is 9.63 Å². The van der Waals surface area contributed by atoms with Crippen molar-refractivity contribution in [2.24, 2.45) is 10.9 Å². The van der Waals surface area contributed by atoms with E-state index in [1.54, 1.807) is 6.07 Å². The number of carbonyl (C=O) groups is 1. The minimum atomic E-state index is -0.958. The number of hydrogen-bond donors (Lipinski definition) is 1. The maximum atomic E-state index is 10.3. The molecule has 1 rings (SSSR count). The van der Waals surface area contributed by atoms with Crippen LogP contribution in [0.25, 0.3) is 0 Å². The lowest BCUT2D eigenvalue weighted by molar-refractivity contribution is -0.111. The van der Waals surface area contributed by atoms with Crippen LogP contribution in [0.5, 0.6) is 0 Å². The molecule has 1 amide bonds. The lowest BCUT2D eigenvalue weighted by Gasteiger charge is -2.05. The highest BCUT2D eigenvalue weighted by molar-refractivity contribution is 6.29. The summed E-state index contributed by atoms with van der Waals surface area (Å²) in [5.41, 5.74) is 5.28. The van der Waals surface area contributed by atoms with Gasteiger partial charge in [-0.15, -0.1) is 0 Å². The number of amides is 1. The monoisotopic (exact) mass is 238 g/mol. The molecule has 6 nitrogen and oxygen atoms in total. The molecule has 0 saturated heterocycles. The fourth-order valence-electron chi connectivity index (χ4n) is 0.845. The molecule has 7 heteroatoms. The Kier molecular flexibility index (Phi) is 4.24. The van der Waals surface area contributed by atoms with Crippen LogP contribution in [0.1, 0.15) is 11.7 Å². The summed E-state index contributed by atoms with van der Waals surface area (Å²) in [6.07, 6.45) is 1.20. The van der Waals surface area contributed by atoms with Crippen molar-refractivity contribution in [2.75, 3.05) is 0 Å². The molecule has 0 saturated carbocycles. The largest absolute Gasteiger partial charge is 0.372 e. The van der Waals surface area contributed by atoms with E-state index < -0.39 is 12.0 Å². The number of rotatable bonds is 4. The van der Waals surface area contributed by atoms with E-state index in [-0.39, 0.29) is 0 Å². The molecule has 1 atom stereocenters. The Hall–Kier alpha value is -2.13. The first-order valence-corrected chi connectivity index (χ1v) is 4.51. The molecule has 2 N–H and O–H groups in total. The van der Waals surface area contributed by atoms with Crippen molar-refractivity contribution in [3.8, 4) is 6.07 Å². The number of halogens is 1. The van der Waals surface area contributed by atoms with Crippen LogP contribution in [-0.4, -0.2) is 17.1 Å². The van der Waals surface area contributed by atoms with Gasteiger partial charge in [0.25, 0.3) is 5.91 Å². The molecule has 1 unspecified atom stereocenters. The Labute approximate surface area is 96.3 Å². The first-order chi connectivity index (χ1) is 7.63. The number of nitrogens with zero attached hydrogens (tertiary/aromatic N) is 3. The van der Waals surface area contributed by atoms with E-state index in [1.807, 2.05) is 6.07 Å². The van der Waals surface area contributed by atoms with Crippen LogP contribution in [0.3, 0.4) is 0 Å². The van der Waals surface area contributed by atoms with E-state index in [2.05, 4.69) is 10.1 Å². The number of primary amides is 1. The summed E-state index contributed by atoms with van der Waals surface area (Å²) in [4.78, 5) is 18.9. The standard InChI is InChI=1S/C9H7ClN4O2/c10-8-2-1-6(4-13-8)7(3-11)16-14-5-9(12)15/h1-2,4-5,7H,(H2,12,15)/b14-5+. The molecule has 0 aliphatic heterocycles. The van der Waals surface area contributed by atoms with Gasteiger partial charge in [-0.25, -0.2) is 4.98 Å². The minimum absolute atomic E-state index is 0.307. The summed E-state index contributed by atoms with van der Waals surface area (Å²) in [5.74, 6) is -0.758. The Morgan fingerprint density at radius 2 is 2.50 bits per heavy atom. The van der Waals surface area contributed by atoms with Gasteiger partial charge in [0.2, 0.25) is 6.10 Å². The summed E-state index contributed by atoms with van der Waals surface area (Å²) in [6, 6.07) is 4.93. The molecule has 16 heavy (non-hydrogen) atoms. The van der Waals surface area contributed by atoms with Crippen molar-refractivity contribution in [3.63, 3.8) is 0 Å². The Balaban J connectivity index is 2.72. The third kappa shape index (κ3) is 3.55. The number of nitrogens with two attached hydrogens (primary N) is 1. The third-order valence-corrected chi connectivity index (χ3v) is 1.74. The van der Waals surface area contributed by atoms with Gasteiger partial charge in [-0.3, -0.25) is 4.79 Å². The van der Waals surface area contributed by atoms with Crippen LogP contribution in [0.2, 0.25) is 5.15 Å². The molecule has 0 fully saturated rings. The van der Waals surface area contributed by atoms with Crippen molar-refractivity contribution >= 4 is 23.7 Å². The van der Waals surface area contributed by atoms with Gasteiger partial charge >= 0.3 is 0 Å². The van der Waals surface area contributed by atoms with Gasteiger partial charge in [-0.2, -0.15) is 5.26 Å². The molecule has 1 heterocycles. The molecule has 0 aromatic carbocycles. The van der Waals surface area contributed by atoms with Gasteiger partial charge in [-0.1, -0.05) is 16.8 Å². The molecule has 0 spiro atoms. The first-order valence-electron chi connectivity index (χ1n) is 4.13. The molecule has 1 aromatic rings. The number of oxime groups is 1. The van der Waals surface area contributed by atoms with Crippen LogP contribution in [-0.2, 0) is 9.63 Å². The lowest BCUT2D eigenvalue weighted by atomic mass is 10.2. The van der Waals surface area contributed by atoms with E-state index in [0.717, 1.165) is 6.21 Å². The quantitative estimate of drug-likeness (QED) is 0.476. The summed E-state index contributed by atoms with van der Waals surface area (Å²) in [7, 11) is 0. The fourth-order valence-corrected chi connectivity index (χ4v) is 0.956. The highest BCUT2D eigenvalue weighted by Gasteiger charge is 2.11. The van der Waals surface area contributed by atoms with E-state index in [9.17, 15) is 4.79 Å². The van der Waals surface area contributed by atoms with Crippen LogP contribution in [0.4, 0.5) is 0 Å². The van der Waals surface area contributed by atoms with Crippen molar-refractivity contribution in [1.82, 2.24) is 4.98 Å². The van der Waals surface area contributed by atoms with Gasteiger partial charge in [0, 0.05) is 11.8 Å². The molecular formula is C9H7ClN4O2. The average molecular weight is 239 g/mol. The van der Waals surface area contributed by atoms with Gasteiger partial charge in [-0.05, 0) is 12.1 Å². The molecule has 82 valence electrons. The smallest absolute Gasteiger partial charge is 0.263 e. The molecule has 0 aliphatic carbocycles. The summed E-state index contributed by atoms with van der Waals surface area (Å²) in [5, 5.41) is 12.4. The number of pyridine rings is 1. The average Bonchev–Trinajstić information content (AvgIpc) is 2.26. The Morgan fingerprint density at radius 1 is 1.75 bits per heavy atom. The van der Waals surface area contributed by atoms with Crippen LogP contribution in [0.15, 0.2) is 23.5 Å². The molecule has 0 aliphatic rings. The zero-order valence-electron chi connectivity index (χ0n) is 8.00. The number of nitriles is 1. The topological polar surface area (TPSA) is 101 Å². The van der Waals surface area contributed by atoms with E-state index in [1.165, 1.54) is 12.3 Å². The highest BCUT2D eigenvalue weighted by Crippen LogP contribution is 2.17. The first kappa shape index (κ1) is 11.9. The SMILES string of the molecule is N#CC(O/N=C/C(N)=O)c1ccc(Cl)nc1. The van der Waals surface area contributed by atoms with Crippen LogP contribution >= 0.6 is 11.6 Å².